The van der Waals surface area contributed by atoms with E-state index in [9.17, 15) is 21.6 Å². The van der Waals surface area contributed by atoms with Crippen molar-refractivity contribution in [1.29, 1.82) is 0 Å². The average molecular weight is 488 g/mol. The van der Waals surface area contributed by atoms with Gasteiger partial charge >= 0.3 is 6.18 Å². The van der Waals surface area contributed by atoms with Gasteiger partial charge in [-0.1, -0.05) is 12.1 Å². The highest BCUT2D eigenvalue weighted by atomic mass is 32.2. The molecule has 0 aliphatic carbocycles. The fraction of sp³-hybridized carbons (Fsp3) is 0.125. The highest BCUT2D eigenvalue weighted by molar-refractivity contribution is 7.89. The fourth-order valence-corrected chi connectivity index (χ4v) is 3.94. The first-order chi connectivity index (χ1) is 16.1. The topological polar surface area (TPSA) is 87.2 Å². The van der Waals surface area contributed by atoms with Crippen LogP contribution < -0.4 is 9.88 Å². The number of alkyl halides is 3. The summed E-state index contributed by atoms with van der Waals surface area (Å²) in [5.74, 6) is 0.701. The second kappa shape index (κ2) is 8.96. The van der Waals surface area contributed by atoms with Crippen molar-refractivity contribution in [3.63, 3.8) is 0 Å². The van der Waals surface area contributed by atoms with Gasteiger partial charge in [-0.2, -0.15) is 18.3 Å². The van der Waals surface area contributed by atoms with E-state index in [-0.39, 0.29) is 4.90 Å². The number of aromatic nitrogens is 2. The van der Waals surface area contributed by atoms with Crippen LogP contribution in [0.15, 0.2) is 83.8 Å². The van der Waals surface area contributed by atoms with Gasteiger partial charge in [-0.3, -0.25) is 0 Å². The lowest BCUT2D eigenvalue weighted by molar-refractivity contribution is -0.137. The number of primary sulfonamides is 1. The molecule has 1 aromatic heterocycles. The largest absolute Gasteiger partial charge is 0.494 e. The van der Waals surface area contributed by atoms with Gasteiger partial charge in [-0.15, -0.1) is 0 Å². The monoisotopic (exact) mass is 487 g/mol. The molecule has 4 rings (SSSR count). The summed E-state index contributed by atoms with van der Waals surface area (Å²) in [5, 5.41) is 9.82. The third-order valence-corrected chi connectivity index (χ3v) is 6.02. The average Bonchev–Trinajstić information content (AvgIpc) is 3.24. The molecule has 3 aromatic carbocycles. The van der Waals surface area contributed by atoms with Gasteiger partial charge in [0.05, 0.1) is 34.1 Å². The first-order valence-electron chi connectivity index (χ1n) is 10.2. The van der Waals surface area contributed by atoms with Gasteiger partial charge in [-0.05, 0) is 73.7 Å². The lowest BCUT2D eigenvalue weighted by Crippen LogP contribution is -2.12. The van der Waals surface area contributed by atoms with Crippen LogP contribution in [-0.2, 0) is 16.2 Å². The Kier molecular flexibility index (Phi) is 6.20. The molecule has 10 heteroatoms. The quantitative estimate of drug-likeness (QED) is 0.401. The molecular weight excluding hydrogens is 467 g/mol. The number of hydrogen-bond acceptors (Lipinski definition) is 4. The molecule has 6 nitrogen and oxygen atoms in total. The van der Waals surface area contributed by atoms with Crippen LogP contribution >= 0.6 is 0 Å². The van der Waals surface area contributed by atoms with Gasteiger partial charge in [0.15, 0.2) is 0 Å². The minimum atomic E-state index is -4.45. The lowest BCUT2D eigenvalue weighted by Gasteiger charge is -2.10. The molecule has 0 bridgehead atoms. The second-order valence-corrected chi connectivity index (χ2v) is 8.96. The van der Waals surface area contributed by atoms with E-state index in [1.54, 1.807) is 22.9 Å². The molecule has 176 valence electrons. The van der Waals surface area contributed by atoms with E-state index in [0.717, 1.165) is 17.7 Å². The molecule has 34 heavy (non-hydrogen) atoms. The number of ether oxygens (including phenoxy) is 1. The van der Waals surface area contributed by atoms with Crippen molar-refractivity contribution in [1.82, 2.24) is 9.78 Å². The molecular formula is C24H20F3N3O3S. The number of nitrogens with two attached hydrogens (primary N) is 1. The second-order valence-electron chi connectivity index (χ2n) is 7.40. The molecule has 0 radical (unpaired) electrons. The van der Waals surface area contributed by atoms with E-state index in [4.69, 9.17) is 9.88 Å². The first kappa shape index (κ1) is 23.5. The Morgan fingerprint density at radius 2 is 1.50 bits per heavy atom. The molecule has 0 saturated carbocycles. The zero-order valence-corrected chi connectivity index (χ0v) is 18.8. The summed E-state index contributed by atoms with van der Waals surface area (Å²) in [6.07, 6.45) is -4.45. The summed E-state index contributed by atoms with van der Waals surface area (Å²) in [5.41, 5.74) is 2.14. The maximum absolute atomic E-state index is 13.0. The van der Waals surface area contributed by atoms with E-state index in [0.29, 0.717) is 35.0 Å². The summed E-state index contributed by atoms with van der Waals surface area (Å²) in [7, 11) is -3.88. The molecule has 0 saturated heterocycles. The zero-order chi connectivity index (χ0) is 24.5. The molecule has 4 aromatic rings. The van der Waals surface area contributed by atoms with Gasteiger partial charge in [0.2, 0.25) is 10.0 Å². The van der Waals surface area contributed by atoms with Gasteiger partial charge in [-0.25, -0.2) is 18.2 Å². The first-order valence-corrected chi connectivity index (χ1v) is 11.7. The fourth-order valence-electron chi connectivity index (χ4n) is 3.42. The predicted molar refractivity (Wildman–Crippen MR) is 122 cm³/mol. The molecule has 0 unspecified atom stereocenters. The van der Waals surface area contributed by atoms with Crippen molar-refractivity contribution in [2.75, 3.05) is 6.61 Å². The molecule has 0 aliphatic heterocycles. The molecule has 2 N–H and O–H groups in total. The summed E-state index contributed by atoms with van der Waals surface area (Å²) in [4.78, 5) is -0.0637. The minimum absolute atomic E-state index is 0.0637. The van der Waals surface area contributed by atoms with Crippen molar-refractivity contribution in [3.8, 4) is 34.0 Å². The predicted octanol–water partition coefficient (Wildman–Crippen LogP) is 5.27. The summed E-state index contributed by atoms with van der Waals surface area (Å²) >= 11 is 0. The van der Waals surface area contributed by atoms with Crippen molar-refractivity contribution in [2.45, 2.75) is 18.0 Å². The van der Waals surface area contributed by atoms with Gasteiger partial charge < -0.3 is 4.74 Å². The number of hydrogen-bond donors (Lipinski definition) is 1. The minimum Gasteiger partial charge on any atom is -0.494 e. The van der Waals surface area contributed by atoms with Crippen LogP contribution in [0.2, 0.25) is 0 Å². The Balaban J connectivity index is 1.81. The Morgan fingerprint density at radius 1 is 0.912 bits per heavy atom. The smallest absolute Gasteiger partial charge is 0.416 e. The molecule has 0 atom stereocenters. The van der Waals surface area contributed by atoms with E-state index in [2.05, 4.69) is 5.10 Å². The maximum atomic E-state index is 13.0. The van der Waals surface area contributed by atoms with E-state index in [1.807, 2.05) is 19.1 Å². The van der Waals surface area contributed by atoms with Crippen LogP contribution in [0, 0.1) is 0 Å². The van der Waals surface area contributed by atoms with Crippen LogP contribution in [0.25, 0.3) is 28.2 Å². The van der Waals surface area contributed by atoms with Gasteiger partial charge in [0, 0.05) is 11.1 Å². The van der Waals surface area contributed by atoms with E-state index in [1.165, 1.54) is 36.4 Å². The highest BCUT2D eigenvalue weighted by Gasteiger charge is 2.30. The standard InChI is InChI=1S/C24H20F3N3O3S/c1-2-33-20-11-5-16(6-12-20)22-15-23(17-3-7-18(8-4-17)24(25,26)27)30(29-22)19-9-13-21(14-10-19)34(28,31)32/h3-15H,2H2,1H3,(H2,28,31,32). The van der Waals surface area contributed by atoms with Crippen molar-refractivity contribution in [2.24, 2.45) is 5.14 Å². The van der Waals surface area contributed by atoms with Crippen LogP contribution in [0.4, 0.5) is 13.2 Å². The Hall–Kier alpha value is -3.63. The van der Waals surface area contributed by atoms with Crippen molar-refractivity contribution < 1.29 is 26.3 Å². The molecule has 0 amide bonds. The number of rotatable bonds is 6. The van der Waals surface area contributed by atoms with Crippen LogP contribution in [0.1, 0.15) is 12.5 Å². The lowest BCUT2D eigenvalue weighted by atomic mass is 10.1. The summed E-state index contributed by atoms with van der Waals surface area (Å²) in [6, 6.07) is 19.5. The Bertz CT molecular complexity index is 1400. The van der Waals surface area contributed by atoms with E-state index >= 15 is 0 Å². The van der Waals surface area contributed by atoms with Crippen LogP contribution in [0.5, 0.6) is 5.75 Å². The zero-order valence-electron chi connectivity index (χ0n) is 18.0. The summed E-state index contributed by atoms with van der Waals surface area (Å²) in [6.45, 7) is 2.41. The normalized spacial score (nSPS) is 12.0. The third-order valence-electron chi connectivity index (χ3n) is 5.09. The van der Waals surface area contributed by atoms with Gasteiger partial charge in [0.25, 0.3) is 0 Å². The van der Waals surface area contributed by atoms with Crippen molar-refractivity contribution >= 4 is 10.0 Å². The number of sulfonamides is 1. The molecule has 0 fully saturated rings. The number of nitrogens with zero attached hydrogens (tertiary/aromatic N) is 2. The maximum Gasteiger partial charge on any atom is 0.416 e. The Morgan fingerprint density at radius 3 is 2.03 bits per heavy atom. The summed E-state index contributed by atoms with van der Waals surface area (Å²) < 4.78 is 69.3. The number of benzene rings is 3. The van der Waals surface area contributed by atoms with Crippen molar-refractivity contribution in [3.05, 3.63) is 84.4 Å². The van der Waals surface area contributed by atoms with Crippen LogP contribution in [-0.4, -0.2) is 24.8 Å². The molecule has 1 heterocycles. The highest BCUT2D eigenvalue weighted by Crippen LogP contribution is 2.33. The Labute approximate surface area is 194 Å². The number of halogens is 3. The van der Waals surface area contributed by atoms with Gasteiger partial charge in [0.1, 0.15) is 5.75 Å². The molecule has 0 spiro atoms. The van der Waals surface area contributed by atoms with E-state index < -0.39 is 21.8 Å². The third kappa shape index (κ3) is 4.97. The molecule has 0 aliphatic rings. The SMILES string of the molecule is CCOc1ccc(-c2cc(-c3ccc(C(F)(F)F)cc3)n(-c3ccc(S(N)(=O)=O)cc3)n2)cc1. The van der Waals surface area contributed by atoms with Crippen LogP contribution in [0.3, 0.4) is 0 Å².